The molecule has 6 aliphatic carbocycles. The van der Waals surface area contributed by atoms with Gasteiger partial charge in [-0.3, -0.25) is 0 Å². The van der Waals surface area contributed by atoms with E-state index in [2.05, 4.69) is 129 Å². The van der Waals surface area contributed by atoms with Crippen LogP contribution in [0.25, 0.3) is 0 Å². The molecule has 4 saturated carbocycles. The average molecular weight is 700 g/mol. The molecule has 6 aliphatic rings. The van der Waals surface area contributed by atoms with E-state index >= 15 is 0 Å². The Labute approximate surface area is 317 Å². The van der Waals surface area contributed by atoms with Crippen molar-refractivity contribution >= 4 is 0 Å². The minimum absolute atomic E-state index is 0.509. The van der Waals surface area contributed by atoms with Crippen LogP contribution in [0.2, 0.25) is 0 Å². The topological polar surface area (TPSA) is 12.5 Å². The van der Waals surface area contributed by atoms with Crippen LogP contribution < -0.4 is 0 Å². The summed E-state index contributed by atoms with van der Waals surface area (Å²) in [7, 11) is 6.01. The van der Waals surface area contributed by atoms with Crippen LogP contribution in [-0.2, 0) is 11.3 Å². The third-order valence-corrected chi connectivity index (χ3v) is 13.4. The number of hydrogen-bond donors (Lipinski definition) is 0. The molecule has 0 N–H and O–H groups in total. The SMILES string of the molecule is C=C(C)CC1C2CCC(C2)C1C.C=CCCCC(C)CCC.CC1CC2C=CC1C2.COC1C2C=CC(C2)C1C.Cc1ccccc1CN(C)C. The Bertz CT molecular complexity index is 1210. The second-order valence-corrected chi connectivity index (χ2v) is 18.1. The predicted molar refractivity (Wildman–Crippen MR) is 225 cm³/mol. The van der Waals surface area contributed by atoms with Gasteiger partial charge in [-0.15, -0.1) is 13.2 Å². The average Bonchev–Trinajstić information content (AvgIpc) is 3.95. The first-order valence-electron chi connectivity index (χ1n) is 21.2. The molecule has 12 atom stereocenters. The van der Waals surface area contributed by atoms with Crippen molar-refractivity contribution in [1.29, 1.82) is 0 Å². The first-order chi connectivity index (χ1) is 24.4. The van der Waals surface area contributed by atoms with E-state index in [4.69, 9.17) is 4.74 Å². The molecule has 2 heteroatoms. The number of methoxy groups -OCH3 is 1. The zero-order chi connectivity index (χ0) is 37.5. The molecule has 0 spiro atoms. The Morgan fingerprint density at radius 3 is 2.04 bits per heavy atom. The minimum atomic E-state index is 0.509. The third-order valence-electron chi connectivity index (χ3n) is 13.4. The highest BCUT2D eigenvalue weighted by Crippen LogP contribution is 2.53. The van der Waals surface area contributed by atoms with Gasteiger partial charge in [0.2, 0.25) is 0 Å². The van der Waals surface area contributed by atoms with Gasteiger partial charge in [-0.05, 0) is 156 Å². The minimum Gasteiger partial charge on any atom is -0.381 e. The van der Waals surface area contributed by atoms with E-state index in [1.54, 1.807) is 0 Å². The van der Waals surface area contributed by atoms with Crippen molar-refractivity contribution in [1.82, 2.24) is 4.90 Å². The molecule has 0 aliphatic heterocycles. The molecule has 12 unspecified atom stereocenters. The number of unbranched alkanes of at least 4 members (excludes halogenated alkanes) is 1. The lowest BCUT2D eigenvalue weighted by Crippen LogP contribution is -2.24. The van der Waals surface area contributed by atoms with E-state index < -0.39 is 0 Å². The fraction of sp³-hybridized carbons (Fsp3) is 0.714. The van der Waals surface area contributed by atoms with Crippen molar-refractivity contribution in [2.24, 2.45) is 65.1 Å². The maximum atomic E-state index is 5.41. The fourth-order valence-corrected chi connectivity index (χ4v) is 10.3. The molecule has 0 radical (unpaired) electrons. The van der Waals surface area contributed by atoms with Crippen molar-refractivity contribution in [3.05, 3.63) is 84.5 Å². The number of nitrogens with zero attached hydrogens (tertiary/aromatic N) is 1. The van der Waals surface area contributed by atoms with Gasteiger partial charge in [0, 0.05) is 19.6 Å². The van der Waals surface area contributed by atoms with E-state index in [0.717, 1.165) is 71.6 Å². The molecular formula is C49H81NO. The highest BCUT2D eigenvalue weighted by Gasteiger charge is 2.44. The van der Waals surface area contributed by atoms with Gasteiger partial charge in [0.1, 0.15) is 0 Å². The van der Waals surface area contributed by atoms with Crippen LogP contribution >= 0.6 is 0 Å². The Balaban J connectivity index is 0.000000173. The van der Waals surface area contributed by atoms with Crippen LogP contribution in [0.15, 0.2) is 73.4 Å². The summed E-state index contributed by atoms with van der Waals surface area (Å²) < 4.78 is 5.41. The van der Waals surface area contributed by atoms with Crippen LogP contribution in [0.4, 0.5) is 0 Å². The number of rotatable bonds is 11. The summed E-state index contributed by atoms with van der Waals surface area (Å²) in [4.78, 5) is 2.18. The zero-order valence-corrected chi connectivity index (χ0v) is 35.1. The summed E-state index contributed by atoms with van der Waals surface area (Å²) >= 11 is 0. The molecule has 2 nitrogen and oxygen atoms in total. The Hall–Kier alpha value is -1.90. The smallest absolute Gasteiger partial charge is 0.0665 e. The van der Waals surface area contributed by atoms with Crippen molar-refractivity contribution < 1.29 is 4.74 Å². The fourth-order valence-electron chi connectivity index (χ4n) is 10.3. The predicted octanol–water partition coefficient (Wildman–Crippen LogP) is 13.5. The van der Waals surface area contributed by atoms with Crippen LogP contribution in [0.3, 0.4) is 0 Å². The first-order valence-corrected chi connectivity index (χ1v) is 21.2. The normalized spacial score (nSPS) is 33.4. The highest BCUT2D eigenvalue weighted by molar-refractivity contribution is 5.25. The van der Waals surface area contributed by atoms with Crippen LogP contribution in [0.5, 0.6) is 0 Å². The third kappa shape index (κ3) is 13.8. The monoisotopic (exact) mass is 700 g/mol. The number of fused-ring (bicyclic) bond motifs is 6. The Morgan fingerprint density at radius 2 is 1.59 bits per heavy atom. The molecule has 1 aromatic carbocycles. The van der Waals surface area contributed by atoms with E-state index in [0.29, 0.717) is 6.10 Å². The highest BCUT2D eigenvalue weighted by atomic mass is 16.5. The number of benzene rings is 1. The van der Waals surface area contributed by atoms with Crippen molar-refractivity contribution in [2.45, 2.75) is 138 Å². The maximum Gasteiger partial charge on any atom is 0.0665 e. The van der Waals surface area contributed by atoms with E-state index in [1.165, 1.54) is 93.7 Å². The summed E-state index contributed by atoms with van der Waals surface area (Å²) in [6, 6.07) is 8.49. The van der Waals surface area contributed by atoms with Crippen LogP contribution in [-0.4, -0.2) is 32.2 Å². The van der Waals surface area contributed by atoms with Crippen LogP contribution in [0.1, 0.15) is 130 Å². The number of aryl methyl sites for hydroxylation is 1. The number of ether oxygens (including phenoxy) is 1. The molecule has 288 valence electrons. The lowest BCUT2D eigenvalue weighted by Gasteiger charge is -2.28. The van der Waals surface area contributed by atoms with Crippen molar-refractivity contribution in [3.63, 3.8) is 0 Å². The maximum absolute atomic E-state index is 5.41. The molecular weight excluding hydrogens is 619 g/mol. The Kier molecular flexibility index (Phi) is 19.1. The Morgan fingerprint density at radius 1 is 0.902 bits per heavy atom. The standard InChI is InChI=1S/C12H20.C10H15N.C10H20.C9H14O.C8H12/c1-8(2)6-12-9(3)10-4-5-11(12)7-10;1-9-6-4-5-7-10(9)8-11(2)3;1-4-6-7-9-10(3)8-5-2;1-6-7-3-4-8(5-7)9(6)10-2;1-6-4-7-2-3-8(6)5-7/h9-12H,1,4-7H2,2-3H3;4-7H,8H2,1-3H3;4,10H,1,5-9H2,2-3H3;3-4,6-9H,5H2,1-2H3;2-3,6-8H,4-5H2,1H3. The molecule has 0 heterocycles. The summed E-state index contributed by atoms with van der Waals surface area (Å²) in [6.45, 7) is 24.8. The second-order valence-electron chi connectivity index (χ2n) is 18.1. The zero-order valence-electron chi connectivity index (χ0n) is 35.1. The summed E-state index contributed by atoms with van der Waals surface area (Å²) in [6.07, 6.45) is 28.7. The summed E-state index contributed by atoms with van der Waals surface area (Å²) in [5.74, 6) is 10.2. The molecule has 0 saturated heterocycles. The molecule has 6 bridgehead atoms. The van der Waals surface area contributed by atoms with Gasteiger partial charge in [0.05, 0.1) is 6.10 Å². The van der Waals surface area contributed by atoms with E-state index in [1.807, 2.05) is 13.2 Å². The van der Waals surface area contributed by atoms with Crippen LogP contribution in [0, 0.1) is 72.0 Å². The van der Waals surface area contributed by atoms with E-state index in [9.17, 15) is 0 Å². The first kappa shape index (κ1) is 43.5. The largest absolute Gasteiger partial charge is 0.381 e. The lowest BCUT2D eigenvalue weighted by molar-refractivity contribution is 0.0490. The molecule has 0 amide bonds. The van der Waals surface area contributed by atoms with Gasteiger partial charge in [0.25, 0.3) is 0 Å². The summed E-state index contributed by atoms with van der Waals surface area (Å²) in [5, 5.41) is 0. The van der Waals surface area contributed by atoms with Gasteiger partial charge in [0.15, 0.2) is 0 Å². The van der Waals surface area contributed by atoms with Gasteiger partial charge in [-0.1, -0.05) is 114 Å². The molecule has 0 aromatic heterocycles. The van der Waals surface area contributed by atoms with Gasteiger partial charge < -0.3 is 9.64 Å². The lowest BCUT2D eigenvalue weighted by atomic mass is 9.77. The van der Waals surface area contributed by atoms with Gasteiger partial charge in [-0.25, -0.2) is 0 Å². The quantitative estimate of drug-likeness (QED) is 0.168. The molecule has 51 heavy (non-hydrogen) atoms. The molecule has 1 aromatic rings. The number of hydrogen-bond acceptors (Lipinski definition) is 2. The molecule has 4 fully saturated rings. The summed E-state index contributed by atoms with van der Waals surface area (Å²) in [5.41, 5.74) is 4.18. The second kappa shape index (κ2) is 22.3. The van der Waals surface area contributed by atoms with E-state index in [-0.39, 0.29) is 0 Å². The van der Waals surface area contributed by atoms with Gasteiger partial charge in [-0.2, -0.15) is 0 Å². The van der Waals surface area contributed by atoms with Crippen molar-refractivity contribution in [3.8, 4) is 0 Å². The van der Waals surface area contributed by atoms with Gasteiger partial charge >= 0.3 is 0 Å². The van der Waals surface area contributed by atoms with Crippen molar-refractivity contribution in [2.75, 3.05) is 21.2 Å². The molecule has 7 rings (SSSR count). The number of allylic oxidation sites excluding steroid dienone is 5.